The van der Waals surface area contributed by atoms with Gasteiger partial charge >= 0.3 is 5.97 Å². The molecule has 0 spiro atoms. The molecule has 0 unspecified atom stereocenters. The van der Waals surface area contributed by atoms with Crippen molar-refractivity contribution in [3.05, 3.63) is 35.9 Å². The lowest BCUT2D eigenvalue weighted by atomic mass is 9.73. The van der Waals surface area contributed by atoms with Crippen molar-refractivity contribution in [3.8, 4) is 0 Å². The summed E-state index contributed by atoms with van der Waals surface area (Å²) in [5.41, 5.74) is 1.03. The zero-order valence-corrected chi connectivity index (χ0v) is 13.1. The van der Waals surface area contributed by atoms with Gasteiger partial charge in [-0.3, -0.25) is 4.79 Å². The second-order valence-electron chi connectivity index (χ2n) is 7.02. The van der Waals surface area contributed by atoms with E-state index in [2.05, 4.69) is 52.0 Å². The van der Waals surface area contributed by atoms with E-state index in [1.165, 1.54) is 12.5 Å². The van der Waals surface area contributed by atoms with Crippen molar-refractivity contribution in [1.29, 1.82) is 0 Å². The van der Waals surface area contributed by atoms with E-state index in [1.807, 2.05) is 11.1 Å². The van der Waals surface area contributed by atoms with Crippen LogP contribution < -0.4 is 0 Å². The molecule has 0 N–H and O–H groups in total. The molecule has 0 amide bonds. The van der Waals surface area contributed by atoms with Crippen LogP contribution in [0.4, 0.5) is 0 Å². The second kappa shape index (κ2) is 5.21. The second-order valence-corrected chi connectivity index (χ2v) is 7.02. The molecular formula is C17H25NO2. The van der Waals surface area contributed by atoms with Crippen molar-refractivity contribution in [2.45, 2.75) is 64.5 Å². The normalized spacial score (nSPS) is 22.4. The maximum absolute atomic E-state index is 11.4. The van der Waals surface area contributed by atoms with Gasteiger partial charge in [0.15, 0.2) is 0 Å². The van der Waals surface area contributed by atoms with Crippen LogP contribution in [0.3, 0.4) is 0 Å². The molecule has 1 aliphatic rings. The summed E-state index contributed by atoms with van der Waals surface area (Å²) in [7, 11) is 0. The molecule has 0 atom stereocenters. The topological polar surface area (TPSA) is 29.5 Å². The van der Waals surface area contributed by atoms with E-state index >= 15 is 0 Å². The molecule has 1 aliphatic heterocycles. The first-order chi connectivity index (χ1) is 9.22. The Balaban J connectivity index is 2.28. The number of hydroxylamine groups is 2. The fourth-order valence-electron chi connectivity index (χ4n) is 3.60. The first kappa shape index (κ1) is 15.0. The van der Waals surface area contributed by atoms with Gasteiger partial charge in [-0.25, -0.2) is 0 Å². The average Bonchev–Trinajstić information content (AvgIpc) is 2.34. The van der Waals surface area contributed by atoms with Gasteiger partial charge in [0.1, 0.15) is 0 Å². The van der Waals surface area contributed by atoms with Crippen molar-refractivity contribution in [2.24, 2.45) is 0 Å². The third-order valence-corrected chi connectivity index (χ3v) is 4.08. The highest BCUT2D eigenvalue weighted by Crippen LogP contribution is 2.45. The van der Waals surface area contributed by atoms with Gasteiger partial charge in [0.05, 0.1) is 11.1 Å². The maximum Gasteiger partial charge on any atom is 0.322 e. The zero-order chi connectivity index (χ0) is 15.0. The Morgan fingerprint density at radius 2 is 1.60 bits per heavy atom. The van der Waals surface area contributed by atoms with E-state index in [0.29, 0.717) is 5.92 Å². The number of piperidine rings is 1. The fourth-order valence-corrected chi connectivity index (χ4v) is 3.60. The van der Waals surface area contributed by atoms with Gasteiger partial charge in [-0.2, -0.15) is 0 Å². The Morgan fingerprint density at radius 3 is 2.05 bits per heavy atom. The molecule has 1 fully saturated rings. The van der Waals surface area contributed by atoms with Crippen molar-refractivity contribution in [2.75, 3.05) is 0 Å². The lowest BCUT2D eigenvalue weighted by Crippen LogP contribution is -2.60. The number of carbonyl (C=O) groups is 1. The number of hydrogen-bond donors (Lipinski definition) is 0. The molecule has 0 aliphatic carbocycles. The van der Waals surface area contributed by atoms with Crippen LogP contribution in [0.1, 0.15) is 58.9 Å². The standard InChI is InChI=1S/C17H25NO2/c1-13(19)20-18-16(2,3)11-15(12-17(18,4)5)14-9-7-6-8-10-14/h6-10,15H,11-12H2,1-5H3. The Bertz CT molecular complexity index is 461. The number of rotatable bonds is 2. The van der Waals surface area contributed by atoms with Crippen LogP contribution >= 0.6 is 0 Å². The van der Waals surface area contributed by atoms with Crippen LogP contribution in [0, 0.1) is 0 Å². The third-order valence-electron chi connectivity index (χ3n) is 4.08. The quantitative estimate of drug-likeness (QED) is 0.819. The lowest BCUT2D eigenvalue weighted by molar-refractivity contribution is -0.266. The first-order valence-corrected chi connectivity index (χ1v) is 7.26. The minimum Gasteiger partial charge on any atom is -0.367 e. The van der Waals surface area contributed by atoms with Crippen molar-refractivity contribution < 1.29 is 9.63 Å². The predicted octanol–water partition coefficient (Wildman–Crippen LogP) is 3.90. The van der Waals surface area contributed by atoms with E-state index in [-0.39, 0.29) is 17.0 Å². The Hall–Kier alpha value is -1.35. The van der Waals surface area contributed by atoms with Crippen molar-refractivity contribution >= 4 is 5.97 Å². The van der Waals surface area contributed by atoms with Crippen LogP contribution in [0.25, 0.3) is 0 Å². The molecule has 1 saturated heterocycles. The smallest absolute Gasteiger partial charge is 0.322 e. The highest BCUT2D eigenvalue weighted by molar-refractivity contribution is 5.65. The van der Waals surface area contributed by atoms with E-state index in [4.69, 9.17) is 4.84 Å². The molecule has 3 heteroatoms. The molecule has 0 bridgehead atoms. The van der Waals surface area contributed by atoms with E-state index < -0.39 is 0 Å². The third kappa shape index (κ3) is 3.04. The largest absolute Gasteiger partial charge is 0.367 e. The SMILES string of the molecule is CC(=O)ON1C(C)(C)CC(c2ccccc2)CC1(C)C. The minimum absolute atomic E-state index is 0.173. The molecule has 0 saturated carbocycles. The van der Waals surface area contributed by atoms with Gasteiger partial charge in [0, 0.05) is 6.92 Å². The van der Waals surface area contributed by atoms with E-state index in [9.17, 15) is 4.79 Å². The molecule has 1 aromatic rings. The molecule has 3 nitrogen and oxygen atoms in total. The molecule has 0 radical (unpaired) electrons. The zero-order valence-electron chi connectivity index (χ0n) is 13.1. The summed E-state index contributed by atoms with van der Waals surface area (Å²) in [6.07, 6.45) is 1.96. The molecule has 1 heterocycles. The number of benzene rings is 1. The number of hydrogen-bond acceptors (Lipinski definition) is 3. The molecular weight excluding hydrogens is 250 g/mol. The van der Waals surface area contributed by atoms with Crippen LogP contribution in [0.15, 0.2) is 30.3 Å². The van der Waals surface area contributed by atoms with Gasteiger partial charge in [0.25, 0.3) is 0 Å². The monoisotopic (exact) mass is 275 g/mol. The number of nitrogens with zero attached hydrogens (tertiary/aromatic N) is 1. The highest BCUT2D eigenvalue weighted by atomic mass is 16.7. The molecule has 2 rings (SSSR count). The van der Waals surface area contributed by atoms with E-state index in [0.717, 1.165) is 12.8 Å². The highest BCUT2D eigenvalue weighted by Gasteiger charge is 2.48. The average molecular weight is 275 g/mol. The van der Waals surface area contributed by atoms with Crippen LogP contribution in [-0.2, 0) is 9.63 Å². The molecule has 20 heavy (non-hydrogen) atoms. The van der Waals surface area contributed by atoms with Crippen LogP contribution in [-0.4, -0.2) is 22.1 Å². The van der Waals surface area contributed by atoms with Crippen molar-refractivity contribution in [3.63, 3.8) is 0 Å². The molecule has 0 aromatic heterocycles. The van der Waals surface area contributed by atoms with Gasteiger partial charge < -0.3 is 4.84 Å². The van der Waals surface area contributed by atoms with Crippen LogP contribution in [0.2, 0.25) is 0 Å². The Labute approximate surface area is 121 Å². The summed E-state index contributed by atoms with van der Waals surface area (Å²) in [6.45, 7) is 10.1. The van der Waals surface area contributed by atoms with E-state index in [1.54, 1.807) is 0 Å². The summed E-state index contributed by atoms with van der Waals surface area (Å²) in [6, 6.07) is 10.6. The summed E-state index contributed by atoms with van der Waals surface area (Å²) < 4.78 is 0. The van der Waals surface area contributed by atoms with Gasteiger partial charge in [0.2, 0.25) is 0 Å². The maximum atomic E-state index is 11.4. The Morgan fingerprint density at radius 1 is 1.10 bits per heavy atom. The van der Waals surface area contributed by atoms with Gasteiger partial charge in [-0.05, 0) is 52.0 Å². The summed E-state index contributed by atoms with van der Waals surface area (Å²) >= 11 is 0. The first-order valence-electron chi connectivity index (χ1n) is 7.26. The lowest BCUT2D eigenvalue weighted by Gasteiger charge is -2.53. The minimum atomic E-state index is -0.246. The molecule has 110 valence electrons. The predicted molar refractivity (Wildman–Crippen MR) is 80.2 cm³/mol. The summed E-state index contributed by atoms with van der Waals surface area (Å²) in [4.78, 5) is 16.9. The molecule has 1 aromatic carbocycles. The summed E-state index contributed by atoms with van der Waals surface area (Å²) in [5, 5.41) is 1.89. The van der Waals surface area contributed by atoms with Crippen LogP contribution in [0.5, 0.6) is 0 Å². The Kier molecular flexibility index (Phi) is 3.92. The summed E-state index contributed by atoms with van der Waals surface area (Å²) in [5.74, 6) is 0.248. The fraction of sp³-hybridized carbons (Fsp3) is 0.588. The van der Waals surface area contributed by atoms with Gasteiger partial charge in [-0.15, -0.1) is 5.06 Å². The van der Waals surface area contributed by atoms with Crippen molar-refractivity contribution in [1.82, 2.24) is 5.06 Å². The number of carbonyl (C=O) groups excluding carboxylic acids is 1. The van der Waals surface area contributed by atoms with Gasteiger partial charge in [-0.1, -0.05) is 30.3 Å².